The molecule has 1 spiro atoms. The molecule has 1 saturated carbocycles. The maximum absolute atomic E-state index is 14.5. The van der Waals surface area contributed by atoms with E-state index in [1.54, 1.807) is 4.90 Å². The maximum Gasteiger partial charge on any atom is 0.433 e. The van der Waals surface area contributed by atoms with Crippen LogP contribution in [0, 0.1) is 5.92 Å². The fourth-order valence-electron chi connectivity index (χ4n) is 4.60. The van der Waals surface area contributed by atoms with E-state index in [0.29, 0.717) is 19.4 Å². The maximum atomic E-state index is 14.5. The van der Waals surface area contributed by atoms with Crippen molar-refractivity contribution < 1.29 is 27.2 Å². The Bertz CT molecular complexity index is 897. The molecule has 1 amide bonds. The van der Waals surface area contributed by atoms with Gasteiger partial charge < -0.3 is 14.6 Å². The Labute approximate surface area is 170 Å². The molecule has 30 heavy (non-hydrogen) atoms. The highest BCUT2D eigenvalue weighted by Crippen LogP contribution is 2.47. The van der Waals surface area contributed by atoms with E-state index >= 15 is 0 Å². The first kappa shape index (κ1) is 19.5. The highest BCUT2D eigenvalue weighted by molar-refractivity contribution is 6.39. The van der Waals surface area contributed by atoms with Crippen LogP contribution in [-0.2, 0) is 15.8 Å². The van der Waals surface area contributed by atoms with E-state index in [1.807, 2.05) is 0 Å². The van der Waals surface area contributed by atoms with Gasteiger partial charge in [-0.1, -0.05) is 5.16 Å². The third-order valence-corrected chi connectivity index (χ3v) is 6.40. The first-order valence-corrected chi connectivity index (χ1v) is 10.0. The summed E-state index contributed by atoms with van der Waals surface area (Å²) in [6, 6.07) is 0.916. The lowest BCUT2D eigenvalue weighted by atomic mass is 9.86. The van der Waals surface area contributed by atoms with Gasteiger partial charge in [-0.05, 0) is 31.6 Å². The molecule has 3 aliphatic heterocycles. The summed E-state index contributed by atoms with van der Waals surface area (Å²) < 4.78 is 53.4. The molecule has 1 atom stereocenters. The number of carbonyl (C=O) groups excluding carboxylic acids is 1. The molecule has 1 aliphatic carbocycles. The lowest BCUT2D eigenvalue weighted by Crippen LogP contribution is -2.63. The predicted octanol–water partition coefficient (Wildman–Crippen LogP) is 2.57. The molecule has 3 fully saturated rings. The van der Waals surface area contributed by atoms with Gasteiger partial charge in [-0.25, -0.2) is 14.4 Å². The van der Waals surface area contributed by atoms with Crippen LogP contribution in [-0.4, -0.2) is 63.9 Å². The SMILES string of the molecule is O=C(C1=NO[C@]2(CCCN(c3cc(C(F)(F)F)ncn3)C2)C1)N1CC(F)(C2CC2)C1. The third-order valence-electron chi connectivity index (χ3n) is 6.40. The van der Waals surface area contributed by atoms with E-state index in [0.717, 1.165) is 25.2 Å². The van der Waals surface area contributed by atoms with Gasteiger partial charge in [0.1, 0.15) is 29.2 Å². The number of piperidine rings is 1. The molecule has 0 radical (unpaired) electrons. The molecule has 11 heteroatoms. The first-order chi connectivity index (χ1) is 14.2. The minimum atomic E-state index is -4.55. The summed E-state index contributed by atoms with van der Waals surface area (Å²) in [6.07, 6.45) is -0.383. The molecule has 4 aliphatic rings. The van der Waals surface area contributed by atoms with Gasteiger partial charge >= 0.3 is 6.18 Å². The second kappa shape index (κ2) is 6.52. The molecule has 4 heterocycles. The van der Waals surface area contributed by atoms with Gasteiger partial charge in [-0.15, -0.1) is 0 Å². The topological polar surface area (TPSA) is 70.9 Å². The molecule has 0 aromatic carbocycles. The summed E-state index contributed by atoms with van der Waals surface area (Å²) in [4.78, 5) is 28.7. The number of hydrogen-bond donors (Lipinski definition) is 0. The minimum absolute atomic E-state index is 0.0658. The zero-order chi connectivity index (χ0) is 21.1. The van der Waals surface area contributed by atoms with Crippen LogP contribution in [0.5, 0.6) is 0 Å². The number of hydrogen-bond acceptors (Lipinski definition) is 6. The van der Waals surface area contributed by atoms with Crippen molar-refractivity contribution in [2.24, 2.45) is 11.1 Å². The molecule has 1 aromatic heterocycles. The van der Waals surface area contributed by atoms with Crippen LogP contribution in [0.1, 0.15) is 37.8 Å². The standard InChI is InChI=1S/C19H21F4N5O2/c20-18(12-2-3-12)9-28(10-18)16(29)13-7-17(30-26-13)4-1-5-27(8-17)15-6-14(19(21,22)23)24-11-25-15/h6,11-12H,1-5,7-10H2/t17-/m1/s1. The number of rotatable bonds is 3. The Hall–Kier alpha value is -2.46. The molecule has 2 saturated heterocycles. The average molecular weight is 427 g/mol. The number of amides is 1. The van der Waals surface area contributed by atoms with E-state index in [1.165, 1.54) is 4.90 Å². The number of carbonyl (C=O) groups is 1. The monoisotopic (exact) mass is 427 g/mol. The fourth-order valence-corrected chi connectivity index (χ4v) is 4.60. The van der Waals surface area contributed by atoms with Crippen LogP contribution in [0.2, 0.25) is 0 Å². The summed E-state index contributed by atoms with van der Waals surface area (Å²) in [5, 5.41) is 3.97. The van der Waals surface area contributed by atoms with Crippen LogP contribution in [0.3, 0.4) is 0 Å². The second-order valence-corrected chi connectivity index (χ2v) is 8.74. The molecule has 0 unspecified atom stereocenters. The van der Waals surface area contributed by atoms with Crippen molar-refractivity contribution in [3.8, 4) is 0 Å². The van der Waals surface area contributed by atoms with Gasteiger partial charge in [-0.3, -0.25) is 4.79 Å². The smallest absolute Gasteiger partial charge is 0.386 e. The van der Waals surface area contributed by atoms with Gasteiger partial charge in [-0.2, -0.15) is 13.2 Å². The zero-order valence-corrected chi connectivity index (χ0v) is 16.2. The predicted molar refractivity (Wildman–Crippen MR) is 97.5 cm³/mol. The number of oxime groups is 1. The highest BCUT2D eigenvalue weighted by atomic mass is 19.4. The lowest BCUT2D eigenvalue weighted by molar-refractivity contribution is -0.141. The second-order valence-electron chi connectivity index (χ2n) is 8.74. The van der Waals surface area contributed by atoms with Gasteiger partial charge in [0.15, 0.2) is 5.60 Å². The summed E-state index contributed by atoms with van der Waals surface area (Å²) in [6.45, 7) is 0.961. The van der Waals surface area contributed by atoms with Gasteiger partial charge in [0, 0.05) is 19.0 Å². The van der Waals surface area contributed by atoms with Crippen molar-refractivity contribution in [2.75, 3.05) is 31.1 Å². The van der Waals surface area contributed by atoms with Crippen molar-refractivity contribution in [1.29, 1.82) is 0 Å². The highest BCUT2D eigenvalue weighted by Gasteiger charge is 2.56. The van der Waals surface area contributed by atoms with Gasteiger partial charge in [0.2, 0.25) is 0 Å². The summed E-state index contributed by atoms with van der Waals surface area (Å²) in [7, 11) is 0. The fraction of sp³-hybridized carbons (Fsp3) is 0.684. The van der Waals surface area contributed by atoms with Crippen molar-refractivity contribution in [2.45, 2.75) is 49.6 Å². The Kier molecular flexibility index (Phi) is 4.24. The number of likely N-dealkylation sites (tertiary alicyclic amines) is 1. The largest absolute Gasteiger partial charge is 0.433 e. The number of halogens is 4. The first-order valence-electron chi connectivity index (χ1n) is 10.0. The lowest BCUT2D eigenvalue weighted by Gasteiger charge is -2.44. The number of nitrogens with zero attached hydrogens (tertiary/aromatic N) is 5. The normalized spacial score (nSPS) is 28.2. The Morgan fingerprint density at radius 1 is 1.20 bits per heavy atom. The van der Waals surface area contributed by atoms with E-state index < -0.39 is 23.1 Å². The Morgan fingerprint density at radius 2 is 1.97 bits per heavy atom. The average Bonchev–Trinajstić information content (AvgIpc) is 3.47. The van der Waals surface area contributed by atoms with Crippen molar-refractivity contribution in [3.05, 3.63) is 18.1 Å². The number of aromatic nitrogens is 2. The molecule has 7 nitrogen and oxygen atoms in total. The Morgan fingerprint density at radius 3 is 2.67 bits per heavy atom. The molecule has 5 rings (SSSR count). The molecule has 0 bridgehead atoms. The van der Waals surface area contributed by atoms with Crippen LogP contribution < -0.4 is 4.90 Å². The van der Waals surface area contributed by atoms with E-state index in [4.69, 9.17) is 4.84 Å². The number of alkyl halides is 4. The van der Waals surface area contributed by atoms with E-state index in [-0.39, 0.29) is 49.4 Å². The quantitative estimate of drug-likeness (QED) is 0.694. The molecule has 1 aromatic rings. The van der Waals surface area contributed by atoms with Crippen LogP contribution in [0.4, 0.5) is 23.4 Å². The summed E-state index contributed by atoms with van der Waals surface area (Å²) >= 11 is 0. The van der Waals surface area contributed by atoms with Crippen LogP contribution in [0.15, 0.2) is 17.5 Å². The molecular weight excluding hydrogens is 406 g/mol. The Balaban J connectivity index is 1.24. The van der Waals surface area contributed by atoms with Crippen molar-refractivity contribution in [1.82, 2.24) is 14.9 Å². The zero-order valence-electron chi connectivity index (χ0n) is 16.2. The van der Waals surface area contributed by atoms with Gasteiger partial charge in [0.25, 0.3) is 5.91 Å². The van der Waals surface area contributed by atoms with Crippen molar-refractivity contribution >= 4 is 17.4 Å². The van der Waals surface area contributed by atoms with Crippen LogP contribution >= 0.6 is 0 Å². The number of anilines is 1. The molecular formula is C19H21F4N5O2. The summed E-state index contributed by atoms with van der Waals surface area (Å²) in [5.41, 5.74) is -2.82. The van der Waals surface area contributed by atoms with Gasteiger partial charge in [0.05, 0.1) is 19.6 Å². The van der Waals surface area contributed by atoms with E-state index in [2.05, 4.69) is 15.1 Å². The minimum Gasteiger partial charge on any atom is -0.386 e. The summed E-state index contributed by atoms with van der Waals surface area (Å²) in [5.74, 6) is -0.0931. The van der Waals surface area contributed by atoms with Crippen molar-refractivity contribution in [3.63, 3.8) is 0 Å². The molecule has 162 valence electrons. The molecule has 0 N–H and O–H groups in total. The van der Waals surface area contributed by atoms with Crippen LogP contribution in [0.25, 0.3) is 0 Å². The van der Waals surface area contributed by atoms with E-state index in [9.17, 15) is 22.4 Å². The third kappa shape index (κ3) is 3.37.